The molecule has 0 saturated heterocycles. The summed E-state index contributed by atoms with van der Waals surface area (Å²) in [6, 6.07) is 7.47. The Morgan fingerprint density at radius 3 is 2.39 bits per heavy atom. The van der Waals surface area contributed by atoms with Crippen molar-refractivity contribution < 1.29 is 18.3 Å². The van der Waals surface area contributed by atoms with Crippen LogP contribution in [0.1, 0.15) is 35.6 Å². The number of benzene rings is 1. The van der Waals surface area contributed by atoms with Crippen LogP contribution in [0.4, 0.5) is 0 Å². The first-order valence-electron chi connectivity index (χ1n) is 8.95. The van der Waals surface area contributed by atoms with E-state index in [1.165, 1.54) is 16.7 Å². The van der Waals surface area contributed by atoms with Crippen molar-refractivity contribution in [1.29, 1.82) is 0 Å². The van der Waals surface area contributed by atoms with Crippen molar-refractivity contribution in [2.45, 2.75) is 44.8 Å². The summed E-state index contributed by atoms with van der Waals surface area (Å²) in [4.78, 5) is 26.5. The predicted octanol–water partition coefficient (Wildman–Crippen LogP) is 1.21. The van der Waals surface area contributed by atoms with Crippen LogP contribution in [0.5, 0.6) is 5.75 Å². The maximum absolute atomic E-state index is 12.7. The van der Waals surface area contributed by atoms with Gasteiger partial charge in [0.05, 0.1) is 11.4 Å². The number of hydrogen-bond acceptors (Lipinski definition) is 5. The number of rotatable bonds is 5. The van der Waals surface area contributed by atoms with E-state index in [-0.39, 0.29) is 23.2 Å². The quantitative estimate of drug-likeness (QED) is 0.777. The number of aryl methyl sites for hydroxylation is 1. The largest absolute Gasteiger partial charge is 0.503 e. The summed E-state index contributed by atoms with van der Waals surface area (Å²) in [6.07, 6.45) is 0. The van der Waals surface area contributed by atoms with E-state index in [0.717, 1.165) is 11.6 Å². The van der Waals surface area contributed by atoms with Gasteiger partial charge in [-0.3, -0.25) is 9.59 Å². The molecule has 1 amide bonds. The second-order valence-electron chi connectivity index (χ2n) is 7.08. The second-order valence-corrected chi connectivity index (χ2v) is 8.85. The summed E-state index contributed by atoms with van der Waals surface area (Å²) in [7, 11) is -3.79. The van der Waals surface area contributed by atoms with E-state index in [4.69, 9.17) is 0 Å². The molecule has 3 rings (SSSR count). The Morgan fingerprint density at radius 2 is 1.79 bits per heavy atom. The lowest BCUT2D eigenvalue weighted by atomic mass is 10.1. The summed E-state index contributed by atoms with van der Waals surface area (Å²) in [5.74, 6) is -1.06. The van der Waals surface area contributed by atoms with Crippen molar-refractivity contribution in [3.63, 3.8) is 0 Å². The molecule has 8 nitrogen and oxygen atoms in total. The zero-order valence-corrected chi connectivity index (χ0v) is 16.8. The molecule has 0 aliphatic carbocycles. The van der Waals surface area contributed by atoms with Crippen LogP contribution in [0.3, 0.4) is 0 Å². The fourth-order valence-corrected chi connectivity index (χ4v) is 4.21. The van der Waals surface area contributed by atoms with Gasteiger partial charge in [0.25, 0.3) is 5.91 Å². The molecular weight excluding hydrogens is 382 g/mol. The number of nitrogens with zero attached hydrogens (tertiary/aromatic N) is 2. The van der Waals surface area contributed by atoms with Crippen LogP contribution in [0.15, 0.2) is 40.0 Å². The average molecular weight is 405 g/mol. The zero-order chi connectivity index (χ0) is 20.6. The van der Waals surface area contributed by atoms with Gasteiger partial charge in [0, 0.05) is 30.9 Å². The van der Waals surface area contributed by atoms with Crippen molar-refractivity contribution >= 4 is 15.9 Å². The number of aromatic nitrogens is 1. The average Bonchev–Trinajstić information content (AvgIpc) is 2.63. The summed E-state index contributed by atoms with van der Waals surface area (Å²) < 4.78 is 29.0. The maximum atomic E-state index is 12.7. The Hall–Kier alpha value is -2.65. The molecule has 0 saturated carbocycles. The van der Waals surface area contributed by atoms with Crippen molar-refractivity contribution in [2.75, 3.05) is 6.54 Å². The summed E-state index contributed by atoms with van der Waals surface area (Å²) >= 11 is 0. The summed E-state index contributed by atoms with van der Waals surface area (Å²) in [6.45, 7) is 6.15. The molecule has 0 bridgehead atoms. The second kappa shape index (κ2) is 7.40. The lowest BCUT2D eigenvalue weighted by Crippen LogP contribution is -2.46. The van der Waals surface area contributed by atoms with Crippen LogP contribution in [-0.2, 0) is 23.1 Å². The number of hydrogen-bond donors (Lipinski definition) is 2. The lowest BCUT2D eigenvalue weighted by molar-refractivity contribution is 0.0639. The van der Waals surface area contributed by atoms with E-state index < -0.39 is 27.1 Å². The lowest BCUT2D eigenvalue weighted by Gasteiger charge is -2.34. The minimum Gasteiger partial charge on any atom is -0.503 e. The molecule has 2 heterocycles. The zero-order valence-electron chi connectivity index (χ0n) is 16.0. The first-order valence-corrected chi connectivity index (χ1v) is 10.4. The smallest absolute Gasteiger partial charge is 0.274 e. The molecular formula is C19H23N3O5S. The van der Waals surface area contributed by atoms with E-state index in [2.05, 4.69) is 4.72 Å². The van der Waals surface area contributed by atoms with E-state index in [1.54, 1.807) is 17.0 Å². The van der Waals surface area contributed by atoms with Crippen LogP contribution in [0.2, 0.25) is 0 Å². The minimum atomic E-state index is -3.79. The van der Waals surface area contributed by atoms with Gasteiger partial charge in [0.2, 0.25) is 15.5 Å². The Labute approximate surface area is 163 Å². The summed E-state index contributed by atoms with van der Waals surface area (Å²) in [5.41, 5.74) is 0.447. The molecule has 0 fully saturated rings. The van der Waals surface area contributed by atoms with E-state index in [9.17, 15) is 23.1 Å². The minimum absolute atomic E-state index is 0.0838. The van der Waals surface area contributed by atoms with Gasteiger partial charge in [-0.15, -0.1) is 0 Å². The molecule has 2 aromatic rings. The first-order chi connectivity index (χ1) is 13.1. The predicted molar refractivity (Wildman–Crippen MR) is 104 cm³/mol. The van der Waals surface area contributed by atoms with E-state index in [1.807, 2.05) is 20.8 Å². The highest BCUT2D eigenvalue weighted by Gasteiger charge is 2.31. The van der Waals surface area contributed by atoms with Crippen molar-refractivity contribution in [1.82, 2.24) is 14.2 Å². The fourth-order valence-electron chi connectivity index (χ4n) is 3.21. The Morgan fingerprint density at radius 1 is 1.14 bits per heavy atom. The molecule has 0 spiro atoms. The Bertz CT molecular complexity index is 1070. The third-order valence-electron chi connectivity index (χ3n) is 4.80. The highest BCUT2D eigenvalue weighted by molar-refractivity contribution is 7.89. The normalized spacial score (nSPS) is 14.4. The first kappa shape index (κ1) is 20.1. The number of pyridine rings is 1. The van der Waals surface area contributed by atoms with Crippen LogP contribution >= 0.6 is 0 Å². The molecule has 0 atom stereocenters. The maximum Gasteiger partial charge on any atom is 0.274 e. The molecule has 1 aliphatic rings. The van der Waals surface area contributed by atoms with Crippen molar-refractivity contribution in [3.8, 4) is 5.75 Å². The number of nitrogens with one attached hydrogen (secondary N) is 1. The molecule has 150 valence electrons. The number of fused-ring (bicyclic) bond motifs is 1. The van der Waals surface area contributed by atoms with Gasteiger partial charge in [0.15, 0.2) is 11.4 Å². The van der Waals surface area contributed by atoms with Gasteiger partial charge in [-0.1, -0.05) is 17.7 Å². The topological polar surface area (TPSA) is 109 Å². The molecule has 0 radical (unpaired) electrons. The Balaban J connectivity index is 1.94. The third kappa shape index (κ3) is 3.67. The number of sulfonamides is 1. The van der Waals surface area contributed by atoms with Gasteiger partial charge in [-0.25, -0.2) is 13.1 Å². The number of carbonyl (C=O) groups is 1. The number of carbonyl (C=O) groups excluding carboxylic acids is 1. The Kier molecular flexibility index (Phi) is 5.31. The number of aromatic hydroxyl groups is 1. The third-order valence-corrected chi connectivity index (χ3v) is 6.22. The monoisotopic (exact) mass is 405 g/mol. The molecule has 28 heavy (non-hydrogen) atoms. The fraction of sp³-hybridized carbons (Fsp3) is 0.368. The molecule has 0 unspecified atom stereocenters. The van der Waals surface area contributed by atoms with Gasteiger partial charge in [-0.2, -0.15) is 0 Å². The van der Waals surface area contributed by atoms with Gasteiger partial charge in [-0.05, 0) is 32.9 Å². The van der Waals surface area contributed by atoms with Crippen molar-refractivity contribution in [3.05, 3.63) is 57.5 Å². The molecule has 2 N–H and O–H groups in total. The molecule has 9 heteroatoms. The SMILES string of the molecule is Cc1ccc(S(=O)(=O)NCc2cc(=O)c(O)c3n2CCN(C(C)C)C3=O)cc1. The highest BCUT2D eigenvalue weighted by atomic mass is 32.2. The molecule has 1 aromatic carbocycles. The van der Waals surface area contributed by atoms with Crippen LogP contribution in [0.25, 0.3) is 0 Å². The highest BCUT2D eigenvalue weighted by Crippen LogP contribution is 2.23. The van der Waals surface area contributed by atoms with Crippen LogP contribution in [-0.4, -0.2) is 41.5 Å². The van der Waals surface area contributed by atoms with Gasteiger partial charge < -0.3 is 14.6 Å². The molecule has 1 aromatic heterocycles. The standard InChI is InChI=1S/C19H23N3O5S/c1-12(2)21-8-9-22-14(10-16(23)18(24)17(22)19(21)25)11-20-28(26,27)15-6-4-13(3)5-7-15/h4-7,10,12,20,24H,8-9,11H2,1-3H3. The number of amides is 1. The van der Waals surface area contributed by atoms with Crippen molar-refractivity contribution in [2.24, 2.45) is 0 Å². The van der Waals surface area contributed by atoms with E-state index in [0.29, 0.717) is 18.8 Å². The van der Waals surface area contributed by atoms with Gasteiger partial charge >= 0.3 is 0 Å². The molecule has 1 aliphatic heterocycles. The summed E-state index contributed by atoms with van der Waals surface area (Å²) in [5, 5.41) is 10.2. The van der Waals surface area contributed by atoms with E-state index >= 15 is 0 Å². The van der Waals surface area contributed by atoms with Crippen LogP contribution in [0, 0.1) is 6.92 Å². The van der Waals surface area contributed by atoms with Gasteiger partial charge in [0.1, 0.15) is 0 Å². The van der Waals surface area contributed by atoms with Crippen LogP contribution < -0.4 is 10.2 Å².